The van der Waals surface area contributed by atoms with Crippen molar-refractivity contribution in [1.82, 2.24) is 5.32 Å². The van der Waals surface area contributed by atoms with E-state index in [4.69, 9.17) is 0 Å². The molecular weight excluding hydrogens is 230 g/mol. The topological polar surface area (TPSA) is 12.0 Å². The van der Waals surface area contributed by atoms with Gasteiger partial charge in [-0.3, -0.25) is 0 Å². The second-order valence-electron chi connectivity index (χ2n) is 7.15. The molecule has 1 heteroatoms. The third-order valence-electron chi connectivity index (χ3n) is 5.12. The van der Waals surface area contributed by atoms with Crippen molar-refractivity contribution in [3.8, 4) is 0 Å². The van der Waals surface area contributed by atoms with Gasteiger partial charge in [-0.15, -0.1) is 0 Å². The molecule has 2 rings (SSSR count). The van der Waals surface area contributed by atoms with Crippen molar-refractivity contribution in [3.63, 3.8) is 0 Å². The number of rotatable bonds is 5. The zero-order chi connectivity index (χ0) is 13.7. The lowest BCUT2D eigenvalue weighted by Gasteiger charge is -2.37. The highest BCUT2D eigenvalue weighted by Crippen LogP contribution is 2.37. The van der Waals surface area contributed by atoms with Crippen LogP contribution in [0.25, 0.3) is 0 Å². The van der Waals surface area contributed by atoms with E-state index in [0.717, 1.165) is 30.3 Å². The fourth-order valence-corrected chi connectivity index (χ4v) is 4.38. The molecule has 0 aromatic carbocycles. The Morgan fingerprint density at radius 3 is 2.47 bits per heavy atom. The average Bonchev–Trinajstić information content (AvgIpc) is 2.38. The molecule has 1 nitrogen and oxygen atoms in total. The maximum absolute atomic E-state index is 3.80. The Kier molecular flexibility index (Phi) is 5.94. The van der Waals surface area contributed by atoms with Gasteiger partial charge in [0.1, 0.15) is 0 Å². The molecule has 0 aromatic rings. The number of allylic oxidation sites excluding steroid dienone is 1. The van der Waals surface area contributed by atoms with E-state index in [0.29, 0.717) is 0 Å². The van der Waals surface area contributed by atoms with Crippen LogP contribution in [0.15, 0.2) is 11.6 Å². The highest BCUT2D eigenvalue weighted by Gasteiger charge is 2.30. The van der Waals surface area contributed by atoms with E-state index >= 15 is 0 Å². The molecule has 0 saturated heterocycles. The minimum atomic E-state index is 0.736. The molecule has 110 valence electrons. The molecule has 2 aliphatic carbocycles. The van der Waals surface area contributed by atoms with Gasteiger partial charge in [0.15, 0.2) is 0 Å². The molecule has 2 aliphatic rings. The SMILES string of the molecule is CCNC(CC1=CCCCC1)C1CC(C)CC(C)C1. The third-order valence-corrected chi connectivity index (χ3v) is 5.12. The molecule has 0 radical (unpaired) electrons. The molecule has 0 spiro atoms. The molecule has 1 fully saturated rings. The highest BCUT2D eigenvalue weighted by atomic mass is 14.9. The largest absolute Gasteiger partial charge is 0.314 e. The predicted molar refractivity (Wildman–Crippen MR) is 84.3 cm³/mol. The lowest BCUT2D eigenvalue weighted by molar-refractivity contribution is 0.175. The van der Waals surface area contributed by atoms with Crippen molar-refractivity contribution in [2.45, 2.75) is 78.2 Å². The highest BCUT2D eigenvalue weighted by molar-refractivity contribution is 5.08. The van der Waals surface area contributed by atoms with Crippen LogP contribution in [0.3, 0.4) is 0 Å². The summed E-state index contributed by atoms with van der Waals surface area (Å²) in [6.07, 6.45) is 13.7. The van der Waals surface area contributed by atoms with Crippen molar-refractivity contribution in [2.24, 2.45) is 17.8 Å². The summed E-state index contributed by atoms with van der Waals surface area (Å²) in [6.45, 7) is 8.28. The first-order valence-electron chi connectivity index (χ1n) is 8.60. The zero-order valence-corrected chi connectivity index (χ0v) is 13.3. The second-order valence-corrected chi connectivity index (χ2v) is 7.15. The number of hydrogen-bond donors (Lipinski definition) is 1. The van der Waals surface area contributed by atoms with Crippen LogP contribution in [0.2, 0.25) is 0 Å². The van der Waals surface area contributed by atoms with Gasteiger partial charge in [0, 0.05) is 6.04 Å². The number of hydrogen-bond acceptors (Lipinski definition) is 1. The Labute approximate surface area is 120 Å². The lowest BCUT2D eigenvalue weighted by atomic mass is 9.72. The van der Waals surface area contributed by atoms with Gasteiger partial charge < -0.3 is 5.32 Å². The smallest absolute Gasteiger partial charge is 0.0133 e. The Hall–Kier alpha value is -0.300. The quantitative estimate of drug-likeness (QED) is 0.694. The number of nitrogens with one attached hydrogen (secondary N) is 1. The van der Waals surface area contributed by atoms with Gasteiger partial charge in [0.05, 0.1) is 0 Å². The second kappa shape index (κ2) is 7.47. The standard InChI is InChI=1S/C18H33N/c1-4-19-18(13-16-8-6-5-7-9-16)17-11-14(2)10-15(3)12-17/h8,14-15,17-19H,4-7,9-13H2,1-3H3. The third kappa shape index (κ3) is 4.63. The van der Waals surface area contributed by atoms with E-state index in [9.17, 15) is 0 Å². The van der Waals surface area contributed by atoms with Crippen LogP contribution >= 0.6 is 0 Å². The molecular formula is C18H33N. The van der Waals surface area contributed by atoms with Crippen LogP contribution in [-0.2, 0) is 0 Å². The van der Waals surface area contributed by atoms with E-state index in [-0.39, 0.29) is 0 Å². The van der Waals surface area contributed by atoms with Gasteiger partial charge in [-0.2, -0.15) is 0 Å². The minimum Gasteiger partial charge on any atom is -0.314 e. The van der Waals surface area contributed by atoms with Crippen molar-refractivity contribution >= 4 is 0 Å². The van der Waals surface area contributed by atoms with Crippen LogP contribution < -0.4 is 5.32 Å². The molecule has 1 N–H and O–H groups in total. The van der Waals surface area contributed by atoms with Crippen molar-refractivity contribution in [1.29, 1.82) is 0 Å². The first kappa shape index (κ1) is 15.1. The summed E-state index contributed by atoms with van der Waals surface area (Å²) in [4.78, 5) is 0. The maximum atomic E-state index is 3.80. The van der Waals surface area contributed by atoms with Crippen LogP contribution in [0.4, 0.5) is 0 Å². The molecule has 3 unspecified atom stereocenters. The molecule has 0 amide bonds. The van der Waals surface area contributed by atoms with Crippen LogP contribution in [0.5, 0.6) is 0 Å². The normalized spacial score (nSPS) is 33.8. The fraction of sp³-hybridized carbons (Fsp3) is 0.889. The molecule has 1 saturated carbocycles. The van der Waals surface area contributed by atoms with Crippen molar-refractivity contribution in [3.05, 3.63) is 11.6 Å². The van der Waals surface area contributed by atoms with Gasteiger partial charge >= 0.3 is 0 Å². The van der Waals surface area contributed by atoms with E-state index in [1.165, 1.54) is 51.4 Å². The van der Waals surface area contributed by atoms with Crippen LogP contribution in [0.1, 0.15) is 72.1 Å². The first-order valence-corrected chi connectivity index (χ1v) is 8.60. The summed E-state index contributed by atoms with van der Waals surface area (Å²) >= 11 is 0. The van der Waals surface area contributed by atoms with Crippen molar-refractivity contribution in [2.75, 3.05) is 6.54 Å². The monoisotopic (exact) mass is 263 g/mol. The molecule has 19 heavy (non-hydrogen) atoms. The Morgan fingerprint density at radius 1 is 1.16 bits per heavy atom. The Morgan fingerprint density at radius 2 is 1.89 bits per heavy atom. The first-order chi connectivity index (χ1) is 9.19. The van der Waals surface area contributed by atoms with Gasteiger partial charge in [-0.05, 0) is 75.7 Å². The van der Waals surface area contributed by atoms with Gasteiger partial charge in [-0.25, -0.2) is 0 Å². The summed E-state index contributed by atoms with van der Waals surface area (Å²) < 4.78 is 0. The fourth-order valence-electron chi connectivity index (χ4n) is 4.38. The minimum absolute atomic E-state index is 0.736. The summed E-state index contributed by atoms with van der Waals surface area (Å²) in [6, 6.07) is 0.736. The molecule has 3 atom stereocenters. The lowest BCUT2D eigenvalue weighted by Crippen LogP contribution is -2.40. The summed E-state index contributed by atoms with van der Waals surface area (Å²) in [7, 11) is 0. The maximum Gasteiger partial charge on any atom is 0.0133 e. The van der Waals surface area contributed by atoms with E-state index in [2.05, 4.69) is 32.2 Å². The van der Waals surface area contributed by atoms with Gasteiger partial charge in [0.2, 0.25) is 0 Å². The summed E-state index contributed by atoms with van der Waals surface area (Å²) in [5.41, 5.74) is 1.74. The summed E-state index contributed by atoms with van der Waals surface area (Å²) in [5.74, 6) is 2.76. The molecule has 0 heterocycles. The Balaban J connectivity index is 1.95. The van der Waals surface area contributed by atoms with Crippen LogP contribution in [0, 0.1) is 17.8 Å². The van der Waals surface area contributed by atoms with Gasteiger partial charge in [0.25, 0.3) is 0 Å². The van der Waals surface area contributed by atoms with Gasteiger partial charge in [-0.1, -0.05) is 32.4 Å². The molecule has 0 aromatic heterocycles. The van der Waals surface area contributed by atoms with E-state index in [1.807, 2.05) is 0 Å². The van der Waals surface area contributed by atoms with Crippen LogP contribution in [-0.4, -0.2) is 12.6 Å². The zero-order valence-electron chi connectivity index (χ0n) is 13.3. The summed E-state index contributed by atoms with van der Waals surface area (Å²) in [5, 5.41) is 3.80. The van der Waals surface area contributed by atoms with E-state index < -0.39 is 0 Å². The molecule has 0 aliphatic heterocycles. The Bertz CT molecular complexity index is 284. The predicted octanol–water partition coefficient (Wildman–Crippen LogP) is 4.93. The van der Waals surface area contributed by atoms with Crippen molar-refractivity contribution < 1.29 is 0 Å². The van der Waals surface area contributed by atoms with E-state index in [1.54, 1.807) is 5.57 Å². The molecule has 0 bridgehead atoms. The average molecular weight is 263 g/mol.